The van der Waals surface area contributed by atoms with Crippen LogP contribution in [0.4, 0.5) is 0 Å². The number of carbonyl (C=O) groups excluding carboxylic acids is 1. The van der Waals surface area contributed by atoms with Gasteiger partial charge < -0.3 is 16.0 Å². The van der Waals surface area contributed by atoms with E-state index in [2.05, 4.69) is 12.2 Å². The number of nitrogens with zero attached hydrogens (tertiary/aromatic N) is 1. The largest absolute Gasteiger partial charge is 0.339 e. The van der Waals surface area contributed by atoms with Crippen molar-refractivity contribution in [2.75, 3.05) is 26.2 Å². The smallest absolute Gasteiger partial charge is 0.236 e. The van der Waals surface area contributed by atoms with E-state index in [0.29, 0.717) is 6.04 Å². The molecule has 4 heteroatoms. The molecule has 1 fully saturated rings. The van der Waals surface area contributed by atoms with Gasteiger partial charge in [0, 0.05) is 25.7 Å². The summed E-state index contributed by atoms with van der Waals surface area (Å²) in [6.07, 6.45) is 0. The lowest BCUT2D eigenvalue weighted by Gasteiger charge is -2.31. The van der Waals surface area contributed by atoms with Gasteiger partial charge in [-0.05, 0) is 6.92 Å². The second-order valence-electron chi connectivity index (χ2n) is 2.90. The van der Waals surface area contributed by atoms with Gasteiger partial charge in [0.05, 0.1) is 6.54 Å². The van der Waals surface area contributed by atoms with Gasteiger partial charge in [-0.3, -0.25) is 4.79 Å². The molecule has 0 aliphatic carbocycles. The van der Waals surface area contributed by atoms with E-state index in [1.54, 1.807) is 4.90 Å². The summed E-state index contributed by atoms with van der Waals surface area (Å²) in [4.78, 5) is 12.9. The van der Waals surface area contributed by atoms with Crippen LogP contribution in [-0.2, 0) is 4.79 Å². The monoisotopic (exact) mass is 157 g/mol. The fraction of sp³-hybridized carbons (Fsp3) is 0.857. The number of amides is 1. The average Bonchev–Trinajstić information content (AvgIpc) is 2.03. The maximum atomic E-state index is 11.1. The molecule has 0 aromatic heterocycles. The Kier molecular flexibility index (Phi) is 2.84. The molecule has 0 unspecified atom stereocenters. The zero-order valence-electron chi connectivity index (χ0n) is 6.84. The summed E-state index contributed by atoms with van der Waals surface area (Å²) in [5.74, 6) is 0.0540. The molecule has 1 saturated heterocycles. The predicted molar refractivity (Wildman–Crippen MR) is 43.1 cm³/mol. The van der Waals surface area contributed by atoms with E-state index in [1.807, 2.05) is 0 Å². The predicted octanol–water partition coefficient (Wildman–Crippen LogP) is -1.23. The van der Waals surface area contributed by atoms with Crippen LogP contribution >= 0.6 is 0 Å². The Morgan fingerprint density at radius 3 is 3.09 bits per heavy atom. The van der Waals surface area contributed by atoms with Crippen LogP contribution in [-0.4, -0.2) is 43.0 Å². The van der Waals surface area contributed by atoms with Crippen LogP contribution in [0.5, 0.6) is 0 Å². The molecule has 1 amide bonds. The molecule has 0 radical (unpaired) electrons. The lowest BCUT2D eigenvalue weighted by Crippen LogP contribution is -2.52. The molecule has 1 aliphatic heterocycles. The van der Waals surface area contributed by atoms with Gasteiger partial charge in [0.25, 0.3) is 0 Å². The Hall–Kier alpha value is -0.610. The van der Waals surface area contributed by atoms with Crippen LogP contribution in [0.2, 0.25) is 0 Å². The maximum Gasteiger partial charge on any atom is 0.236 e. The highest BCUT2D eigenvalue weighted by atomic mass is 16.2. The summed E-state index contributed by atoms with van der Waals surface area (Å²) in [7, 11) is 0. The van der Waals surface area contributed by atoms with E-state index in [-0.39, 0.29) is 12.5 Å². The number of rotatable bonds is 1. The highest BCUT2D eigenvalue weighted by Crippen LogP contribution is 1.97. The molecule has 11 heavy (non-hydrogen) atoms. The normalized spacial score (nSPS) is 25.3. The second-order valence-corrected chi connectivity index (χ2v) is 2.90. The van der Waals surface area contributed by atoms with Gasteiger partial charge in [-0.1, -0.05) is 0 Å². The molecule has 4 nitrogen and oxygen atoms in total. The van der Waals surface area contributed by atoms with E-state index in [1.165, 1.54) is 0 Å². The van der Waals surface area contributed by atoms with Crippen molar-refractivity contribution in [3.8, 4) is 0 Å². The molecule has 3 N–H and O–H groups in total. The van der Waals surface area contributed by atoms with Crippen molar-refractivity contribution < 1.29 is 4.79 Å². The number of carbonyl (C=O) groups is 1. The number of nitrogens with two attached hydrogens (primary N) is 1. The third-order valence-electron chi connectivity index (χ3n) is 1.90. The van der Waals surface area contributed by atoms with Crippen LogP contribution in [0, 0.1) is 0 Å². The van der Waals surface area contributed by atoms with Crippen LogP contribution in [0.15, 0.2) is 0 Å². The van der Waals surface area contributed by atoms with Gasteiger partial charge in [0.1, 0.15) is 0 Å². The van der Waals surface area contributed by atoms with Gasteiger partial charge in [-0.25, -0.2) is 0 Å². The molecular weight excluding hydrogens is 142 g/mol. The highest BCUT2D eigenvalue weighted by molar-refractivity contribution is 5.78. The van der Waals surface area contributed by atoms with Crippen molar-refractivity contribution in [2.24, 2.45) is 5.73 Å². The van der Waals surface area contributed by atoms with Gasteiger partial charge in [0.2, 0.25) is 5.91 Å². The zero-order chi connectivity index (χ0) is 8.27. The summed E-state index contributed by atoms with van der Waals surface area (Å²) < 4.78 is 0. The Bertz CT molecular complexity index is 149. The molecule has 0 aromatic rings. The third-order valence-corrected chi connectivity index (χ3v) is 1.90. The molecule has 1 heterocycles. The summed E-state index contributed by atoms with van der Waals surface area (Å²) in [6.45, 7) is 4.66. The second kappa shape index (κ2) is 3.69. The Morgan fingerprint density at radius 2 is 2.55 bits per heavy atom. The number of hydrogen-bond acceptors (Lipinski definition) is 3. The first-order chi connectivity index (χ1) is 5.24. The minimum absolute atomic E-state index is 0.0540. The standard InChI is InChI=1S/C7H15N3O/c1-6-5-10(3-2-9-6)7(11)4-8/h6,9H,2-5,8H2,1H3/t6-/m1/s1. The van der Waals surface area contributed by atoms with Crippen LogP contribution in [0.25, 0.3) is 0 Å². The van der Waals surface area contributed by atoms with Crippen molar-refractivity contribution in [1.82, 2.24) is 10.2 Å². The van der Waals surface area contributed by atoms with Gasteiger partial charge in [0.15, 0.2) is 0 Å². The maximum absolute atomic E-state index is 11.1. The minimum atomic E-state index is 0.0540. The quantitative estimate of drug-likeness (QED) is 0.501. The van der Waals surface area contributed by atoms with Gasteiger partial charge in [-0.2, -0.15) is 0 Å². The topological polar surface area (TPSA) is 58.4 Å². The molecule has 1 rings (SSSR count). The fourth-order valence-corrected chi connectivity index (χ4v) is 1.29. The lowest BCUT2D eigenvalue weighted by molar-refractivity contribution is -0.130. The molecule has 0 spiro atoms. The molecule has 0 aromatic carbocycles. The summed E-state index contributed by atoms with van der Waals surface area (Å²) >= 11 is 0. The molecule has 0 saturated carbocycles. The average molecular weight is 157 g/mol. The van der Waals surface area contributed by atoms with Crippen molar-refractivity contribution in [2.45, 2.75) is 13.0 Å². The lowest BCUT2D eigenvalue weighted by atomic mass is 10.2. The van der Waals surface area contributed by atoms with Crippen molar-refractivity contribution in [3.05, 3.63) is 0 Å². The molecule has 1 aliphatic rings. The SMILES string of the molecule is C[C@@H]1CN(C(=O)CN)CCN1. The Morgan fingerprint density at radius 1 is 1.82 bits per heavy atom. The van der Waals surface area contributed by atoms with Gasteiger partial charge in [-0.15, -0.1) is 0 Å². The van der Waals surface area contributed by atoms with Crippen LogP contribution in [0.1, 0.15) is 6.92 Å². The summed E-state index contributed by atoms with van der Waals surface area (Å²) in [5.41, 5.74) is 5.24. The van der Waals surface area contributed by atoms with E-state index in [9.17, 15) is 4.79 Å². The zero-order valence-corrected chi connectivity index (χ0v) is 6.84. The Labute approximate surface area is 66.7 Å². The Balaban J connectivity index is 2.39. The fourth-order valence-electron chi connectivity index (χ4n) is 1.29. The molecule has 0 bridgehead atoms. The summed E-state index contributed by atoms with van der Waals surface area (Å²) in [6, 6.07) is 0.402. The molecular formula is C7H15N3O. The first kappa shape index (κ1) is 8.49. The van der Waals surface area contributed by atoms with E-state index in [4.69, 9.17) is 5.73 Å². The van der Waals surface area contributed by atoms with Crippen LogP contribution in [0.3, 0.4) is 0 Å². The van der Waals surface area contributed by atoms with E-state index < -0.39 is 0 Å². The number of piperazine rings is 1. The third kappa shape index (κ3) is 2.17. The van der Waals surface area contributed by atoms with Crippen molar-refractivity contribution in [1.29, 1.82) is 0 Å². The summed E-state index contributed by atoms with van der Waals surface area (Å²) in [5, 5.41) is 3.26. The van der Waals surface area contributed by atoms with Crippen LogP contribution < -0.4 is 11.1 Å². The first-order valence-electron chi connectivity index (χ1n) is 3.95. The number of hydrogen-bond donors (Lipinski definition) is 2. The number of nitrogens with one attached hydrogen (secondary N) is 1. The van der Waals surface area contributed by atoms with Crippen molar-refractivity contribution in [3.63, 3.8) is 0 Å². The first-order valence-corrected chi connectivity index (χ1v) is 3.95. The van der Waals surface area contributed by atoms with Crippen molar-refractivity contribution >= 4 is 5.91 Å². The molecule has 64 valence electrons. The minimum Gasteiger partial charge on any atom is -0.339 e. The highest BCUT2D eigenvalue weighted by Gasteiger charge is 2.18. The van der Waals surface area contributed by atoms with Gasteiger partial charge >= 0.3 is 0 Å². The van der Waals surface area contributed by atoms with E-state index in [0.717, 1.165) is 19.6 Å². The molecule has 1 atom stereocenters. The van der Waals surface area contributed by atoms with E-state index >= 15 is 0 Å².